The number of hydrogen-bond acceptors (Lipinski definition) is 6. The summed E-state index contributed by atoms with van der Waals surface area (Å²) in [6.45, 7) is 1.95. The lowest BCUT2D eigenvalue weighted by Gasteiger charge is -2.08. The molecule has 0 unspecified atom stereocenters. The summed E-state index contributed by atoms with van der Waals surface area (Å²) < 4.78 is 46.8. The highest BCUT2D eigenvalue weighted by Crippen LogP contribution is 2.31. The number of para-hydroxylation sites is 1. The number of aromatic nitrogens is 4. The van der Waals surface area contributed by atoms with Crippen LogP contribution in [0.4, 0.5) is 10.1 Å². The Hall–Kier alpha value is -2.17. The van der Waals surface area contributed by atoms with Crippen molar-refractivity contribution in [1.82, 2.24) is 19.6 Å². The van der Waals surface area contributed by atoms with Crippen molar-refractivity contribution in [2.24, 2.45) is 0 Å². The fraction of sp³-hybridized carbons (Fsp3) is 0.154. The van der Waals surface area contributed by atoms with Gasteiger partial charge in [0.15, 0.2) is 5.65 Å². The lowest BCUT2D eigenvalue weighted by atomic mass is 10.3. The monoisotopic (exact) mass is 405 g/mol. The molecule has 1 aromatic carbocycles. The molecule has 0 radical (unpaired) electrons. The number of sulfonamides is 1. The van der Waals surface area contributed by atoms with E-state index in [9.17, 15) is 12.8 Å². The average Bonchev–Trinajstić information content (AvgIpc) is 2.97. The van der Waals surface area contributed by atoms with Crippen LogP contribution >= 0.6 is 23.2 Å². The van der Waals surface area contributed by atoms with Crippen molar-refractivity contribution in [2.75, 3.05) is 11.3 Å². The number of benzene rings is 1. The lowest BCUT2D eigenvalue weighted by molar-refractivity contribution is 0.316. The van der Waals surface area contributed by atoms with Gasteiger partial charge in [-0.25, -0.2) is 0 Å². The maximum absolute atomic E-state index is 13.9. The average molecular weight is 406 g/mol. The number of anilines is 1. The summed E-state index contributed by atoms with van der Waals surface area (Å²) in [4.78, 5) is 7.31. The zero-order valence-electron chi connectivity index (χ0n) is 12.6. The van der Waals surface area contributed by atoms with E-state index in [0.29, 0.717) is 4.52 Å². The molecule has 25 heavy (non-hydrogen) atoms. The van der Waals surface area contributed by atoms with E-state index in [2.05, 4.69) is 19.8 Å². The highest BCUT2D eigenvalue weighted by atomic mass is 35.5. The van der Waals surface area contributed by atoms with E-state index in [-0.39, 0.29) is 33.9 Å². The fourth-order valence-corrected chi connectivity index (χ4v) is 3.51. The summed E-state index contributed by atoms with van der Waals surface area (Å²) in [5, 5.41) is 3.13. The summed E-state index contributed by atoms with van der Waals surface area (Å²) in [6, 6.07) is 5.74. The fourth-order valence-electron chi connectivity index (χ4n) is 1.93. The lowest BCUT2D eigenvalue weighted by Crippen LogP contribution is -2.15. The molecule has 132 valence electrons. The van der Waals surface area contributed by atoms with Crippen molar-refractivity contribution in [3.05, 3.63) is 40.4 Å². The summed E-state index contributed by atoms with van der Waals surface area (Å²) >= 11 is 11.9. The minimum absolute atomic E-state index is 0.0294. The van der Waals surface area contributed by atoms with Crippen LogP contribution in [0.25, 0.3) is 5.65 Å². The zero-order valence-corrected chi connectivity index (χ0v) is 14.9. The SMILES string of the molecule is CCOc1cc2nc(S(=O)(=O)Nc3c(Cl)cccc3Cl)nn2c(F)n1. The number of hydrogen-bond donors (Lipinski definition) is 1. The van der Waals surface area contributed by atoms with Gasteiger partial charge in [0.05, 0.1) is 22.3 Å². The van der Waals surface area contributed by atoms with E-state index in [1.165, 1.54) is 18.2 Å². The van der Waals surface area contributed by atoms with Gasteiger partial charge in [-0.2, -0.15) is 27.3 Å². The van der Waals surface area contributed by atoms with Crippen LogP contribution in [0.2, 0.25) is 10.0 Å². The van der Waals surface area contributed by atoms with Gasteiger partial charge in [0.25, 0.3) is 15.2 Å². The molecule has 12 heteroatoms. The normalized spacial score (nSPS) is 11.7. The first kappa shape index (κ1) is 17.6. The van der Waals surface area contributed by atoms with Gasteiger partial charge in [-0.05, 0) is 19.1 Å². The topological polar surface area (TPSA) is 98.5 Å². The molecule has 0 spiro atoms. The van der Waals surface area contributed by atoms with Gasteiger partial charge in [0.1, 0.15) is 0 Å². The highest BCUT2D eigenvalue weighted by molar-refractivity contribution is 7.92. The molecule has 2 heterocycles. The molecular formula is C13H10Cl2FN5O3S. The zero-order chi connectivity index (χ0) is 18.2. The van der Waals surface area contributed by atoms with Crippen LogP contribution in [0.3, 0.4) is 0 Å². The van der Waals surface area contributed by atoms with E-state index in [1.54, 1.807) is 13.0 Å². The number of fused-ring (bicyclic) bond motifs is 1. The Balaban J connectivity index is 2.04. The molecule has 0 aliphatic rings. The second-order valence-corrected chi connectivity index (χ2v) is 7.05. The third-order valence-electron chi connectivity index (χ3n) is 2.97. The molecule has 0 aliphatic carbocycles. The van der Waals surface area contributed by atoms with Crippen LogP contribution in [0.5, 0.6) is 5.88 Å². The van der Waals surface area contributed by atoms with E-state index < -0.39 is 21.3 Å². The second-order valence-electron chi connectivity index (χ2n) is 4.66. The summed E-state index contributed by atoms with van der Waals surface area (Å²) in [6.07, 6.45) is -1.06. The van der Waals surface area contributed by atoms with Crippen LogP contribution in [0.1, 0.15) is 6.92 Å². The molecule has 0 amide bonds. The molecule has 0 aliphatic heterocycles. The van der Waals surface area contributed by atoms with E-state index in [0.717, 1.165) is 0 Å². The van der Waals surface area contributed by atoms with Gasteiger partial charge in [-0.3, -0.25) is 4.72 Å². The van der Waals surface area contributed by atoms with Gasteiger partial charge >= 0.3 is 6.08 Å². The highest BCUT2D eigenvalue weighted by Gasteiger charge is 2.24. The number of nitrogens with zero attached hydrogens (tertiary/aromatic N) is 4. The van der Waals surface area contributed by atoms with Crippen LogP contribution in [0.15, 0.2) is 29.4 Å². The molecular weight excluding hydrogens is 396 g/mol. The minimum Gasteiger partial charge on any atom is -0.478 e. The molecule has 0 fully saturated rings. The summed E-state index contributed by atoms with van der Waals surface area (Å²) in [7, 11) is -4.26. The van der Waals surface area contributed by atoms with Gasteiger partial charge < -0.3 is 4.74 Å². The molecule has 2 aromatic heterocycles. The van der Waals surface area contributed by atoms with Crippen LogP contribution in [-0.4, -0.2) is 34.6 Å². The summed E-state index contributed by atoms with van der Waals surface area (Å²) in [5.74, 6) is -0.0362. The van der Waals surface area contributed by atoms with Crippen molar-refractivity contribution < 1.29 is 17.5 Å². The van der Waals surface area contributed by atoms with E-state index >= 15 is 0 Å². The number of ether oxygens (including phenoxy) is 1. The van der Waals surface area contributed by atoms with Crippen molar-refractivity contribution in [1.29, 1.82) is 0 Å². The molecule has 3 rings (SSSR count). The molecule has 8 nitrogen and oxygen atoms in total. The van der Waals surface area contributed by atoms with Crippen LogP contribution in [-0.2, 0) is 10.0 Å². The number of nitrogens with one attached hydrogen (secondary N) is 1. The Kier molecular flexibility index (Phi) is 4.67. The first-order chi connectivity index (χ1) is 11.8. The standard InChI is InChI=1S/C13H10Cl2FN5O3S/c1-2-24-10-6-9-17-13(19-21(9)12(16)18-10)25(22,23)20-11-7(14)4-3-5-8(11)15/h3-6,20H,2H2,1H3. The predicted octanol–water partition coefficient (Wildman–Crippen LogP) is 2.77. The molecule has 0 saturated heterocycles. The van der Waals surface area contributed by atoms with E-state index in [1.807, 2.05) is 0 Å². The van der Waals surface area contributed by atoms with E-state index in [4.69, 9.17) is 27.9 Å². The third kappa shape index (κ3) is 3.46. The maximum atomic E-state index is 13.9. The summed E-state index contributed by atoms with van der Waals surface area (Å²) in [5.41, 5.74) is -0.111. The first-order valence-electron chi connectivity index (χ1n) is 6.85. The van der Waals surface area contributed by atoms with Crippen LogP contribution in [0, 0.1) is 6.08 Å². The van der Waals surface area contributed by atoms with Crippen LogP contribution < -0.4 is 9.46 Å². The Morgan fingerprint density at radius 2 is 1.96 bits per heavy atom. The minimum atomic E-state index is -4.26. The Bertz CT molecular complexity index is 1040. The number of halogens is 3. The Morgan fingerprint density at radius 3 is 2.60 bits per heavy atom. The van der Waals surface area contributed by atoms with Crippen molar-refractivity contribution >= 4 is 44.6 Å². The molecule has 0 atom stereocenters. The molecule has 1 N–H and O–H groups in total. The van der Waals surface area contributed by atoms with Gasteiger partial charge in [0.2, 0.25) is 5.88 Å². The van der Waals surface area contributed by atoms with Gasteiger partial charge in [-0.15, -0.1) is 5.10 Å². The van der Waals surface area contributed by atoms with Gasteiger partial charge in [-0.1, -0.05) is 29.3 Å². The van der Waals surface area contributed by atoms with Gasteiger partial charge in [0, 0.05) is 6.07 Å². The second kappa shape index (κ2) is 6.62. The third-order valence-corrected chi connectivity index (χ3v) is 4.73. The Labute approximate surface area is 151 Å². The Morgan fingerprint density at radius 1 is 1.28 bits per heavy atom. The molecule has 0 bridgehead atoms. The largest absolute Gasteiger partial charge is 0.478 e. The van der Waals surface area contributed by atoms with Crippen molar-refractivity contribution in [3.8, 4) is 5.88 Å². The smallest absolute Gasteiger partial charge is 0.315 e. The molecule has 3 aromatic rings. The van der Waals surface area contributed by atoms with Crippen molar-refractivity contribution in [2.45, 2.75) is 12.1 Å². The number of rotatable bonds is 5. The first-order valence-corrected chi connectivity index (χ1v) is 9.08. The quantitative estimate of drug-likeness (QED) is 0.655. The predicted molar refractivity (Wildman–Crippen MR) is 89.2 cm³/mol. The molecule has 0 saturated carbocycles. The maximum Gasteiger partial charge on any atom is 0.315 e. The van der Waals surface area contributed by atoms with Crippen molar-refractivity contribution in [3.63, 3.8) is 0 Å².